The van der Waals surface area contributed by atoms with Crippen molar-refractivity contribution in [3.8, 4) is 0 Å². The van der Waals surface area contributed by atoms with E-state index in [9.17, 15) is 4.79 Å². The molecule has 3 rings (SSSR count). The average Bonchev–Trinajstić information content (AvgIpc) is 2.86. The summed E-state index contributed by atoms with van der Waals surface area (Å²) >= 11 is 0. The van der Waals surface area contributed by atoms with Crippen LogP contribution in [-0.2, 0) is 27.2 Å². The monoisotopic (exact) mass is 301 g/mol. The molecule has 0 fully saturated rings. The topological polar surface area (TPSA) is 66.2 Å². The first-order valence-corrected chi connectivity index (χ1v) is 7.36. The highest BCUT2D eigenvalue weighted by atomic mass is 16.5. The zero-order valence-corrected chi connectivity index (χ0v) is 12.7. The second-order valence-corrected chi connectivity index (χ2v) is 5.39. The molecule has 1 aliphatic heterocycles. The van der Waals surface area contributed by atoms with Gasteiger partial charge >= 0.3 is 5.97 Å². The number of hydrogen-bond donors (Lipinski definition) is 0. The number of ether oxygens (including phenoxy) is 2. The molecule has 6 heteroatoms. The molecular weight excluding hydrogens is 282 g/mol. The van der Waals surface area contributed by atoms with Crippen molar-refractivity contribution in [2.24, 2.45) is 0 Å². The number of fused-ring (bicyclic) bond motifs is 1. The van der Waals surface area contributed by atoms with Gasteiger partial charge in [-0.15, -0.1) is 5.10 Å². The third-order valence-corrected chi connectivity index (χ3v) is 4.00. The molecule has 6 nitrogen and oxygen atoms in total. The van der Waals surface area contributed by atoms with Crippen LogP contribution in [0, 0.1) is 0 Å². The summed E-state index contributed by atoms with van der Waals surface area (Å²) in [7, 11) is 1.38. The van der Waals surface area contributed by atoms with Gasteiger partial charge in [-0.3, -0.25) is 4.79 Å². The standard InChI is InChI=1S/C16H19N3O3/c1-11-15-13(10-14(20)21-2)17-18-19(15)8-9-22-16(11)12-6-4-3-5-7-12/h3-7,11,16H,8-10H2,1-2H3/t11-,16+/m0/s1. The Labute approximate surface area is 129 Å². The Bertz CT molecular complexity index is 654. The second kappa shape index (κ2) is 6.27. The number of hydrogen-bond acceptors (Lipinski definition) is 5. The molecular formula is C16H19N3O3. The summed E-state index contributed by atoms with van der Waals surface area (Å²) in [4.78, 5) is 11.6. The summed E-state index contributed by atoms with van der Waals surface area (Å²) in [5, 5.41) is 8.32. The highest BCUT2D eigenvalue weighted by Gasteiger charge is 2.31. The molecule has 0 saturated carbocycles. The lowest BCUT2D eigenvalue weighted by Gasteiger charge is -2.22. The van der Waals surface area contributed by atoms with Crippen molar-refractivity contribution in [2.45, 2.75) is 31.9 Å². The van der Waals surface area contributed by atoms with Crippen molar-refractivity contribution in [3.63, 3.8) is 0 Å². The molecule has 0 saturated heterocycles. The van der Waals surface area contributed by atoms with Crippen molar-refractivity contribution < 1.29 is 14.3 Å². The van der Waals surface area contributed by atoms with Crippen LogP contribution < -0.4 is 0 Å². The predicted molar refractivity (Wildman–Crippen MR) is 79.3 cm³/mol. The zero-order valence-electron chi connectivity index (χ0n) is 12.7. The van der Waals surface area contributed by atoms with Crippen LogP contribution in [-0.4, -0.2) is 34.7 Å². The Kier molecular flexibility index (Phi) is 4.20. The van der Waals surface area contributed by atoms with Crippen molar-refractivity contribution >= 4 is 5.97 Å². The minimum Gasteiger partial charge on any atom is -0.469 e. The van der Waals surface area contributed by atoms with E-state index in [4.69, 9.17) is 9.47 Å². The lowest BCUT2D eigenvalue weighted by Crippen LogP contribution is -2.14. The Morgan fingerprint density at radius 3 is 2.91 bits per heavy atom. The van der Waals surface area contributed by atoms with Crippen LogP contribution in [0.3, 0.4) is 0 Å². The van der Waals surface area contributed by atoms with Crippen molar-refractivity contribution in [1.82, 2.24) is 15.0 Å². The van der Waals surface area contributed by atoms with E-state index in [1.165, 1.54) is 7.11 Å². The molecule has 2 heterocycles. The molecule has 0 radical (unpaired) electrons. The molecule has 1 aliphatic rings. The Balaban J connectivity index is 1.95. The zero-order chi connectivity index (χ0) is 15.5. The molecule has 2 atom stereocenters. The third-order valence-electron chi connectivity index (χ3n) is 4.00. The van der Waals surface area contributed by atoms with Crippen molar-refractivity contribution in [2.75, 3.05) is 13.7 Å². The molecule has 1 aromatic carbocycles. The normalized spacial score (nSPS) is 21.0. The molecule has 0 N–H and O–H groups in total. The lowest BCUT2D eigenvalue weighted by atomic mass is 9.92. The fraction of sp³-hybridized carbons (Fsp3) is 0.438. The van der Waals surface area contributed by atoms with E-state index in [1.54, 1.807) is 0 Å². The summed E-state index contributed by atoms with van der Waals surface area (Å²) in [6.45, 7) is 3.29. The van der Waals surface area contributed by atoms with Crippen molar-refractivity contribution in [1.29, 1.82) is 0 Å². The van der Waals surface area contributed by atoms with Gasteiger partial charge in [-0.25, -0.2) is 4.68 Å². The number of esters is 1. The van der Waals surface area contributed by atoms with Crippen LogP contribution in [0.5, 0.6) is 0 Å². The maximum Gasteiger partial charge on any atom is 0.311 e. The molecule has 22 heavy (non-hydrogen) atoms. The van der Waals surface area contributed by atoms with Crippen LogP contribution in [0.4, 0.5) is 0 Å². The SMILES string of the molecule is COC(=O)Cc1nnn2c1[C@H](C)[C@H](c1ccccc1)OCC2. The quantitative estimate of drug-likeness (QED) is 0.810. The number of nitrogens with zero attached hydrogens (tertiary/aromatic N) is 3. The van der Waals surface area contributed by atoms with Gasteiger partial charge in [0.1, 0.15) is 0 Å². The predicted octanol–water partition coefficient (Wildman–Crippen LogP) is 1.87. The van der Waals surface area contributed by atoms with Crippen LogP contribution in [0.1, 0.15) is 35.9 Å². The van der Waals surface area contributed by atoms with E-state index >= 15 is 0 Å². The Morgan fingerprint density at radius 1 is 1.41 bits per heavy atom. The molecule has 116 valence electrons. The van der Waals surface area contributed by atoms with Gasteiger partial charge in [-0.2, -0.15) is 0 Å². The molecule has 1 aromatic heterocycles. The summed E-state index contributed by atoms with van der Waals surface area (Å²) in [6.07, 6.45) is 0.0647. The first kappa shape index (κ1) is 14.7. The average molecular weight is 301 g/mol. The second-order valence-electron chi connectivity index (χ2n) is 5.39. The number of carbonyl (C=O) groups excluding carboxylic acids is 1. The summed E-state index contributed by atoms with van der Waals surface area (Å²) in [5.74, 6) is -0.253. The van der Waals surface area contributed by atoms with Crippen LogP contribution in [0.2, 0.25) is 0 Å². The van der Waals surface area contributed by atoms with E-state index in [0.29, 0.717) is 18.8 Å². The largest absolute Gasteiger partial charge is 0.469 e. The molecule has 0 aliphatic carbocycles. The van der Waals surface area contributed by atoms with Gasteiger partial charge in [0.25, 0.3) is 0 Å². The van der Waals surface area contributed by atoms with Crippen LogP contribution >= 0.6 is 0 Å². The van der Waals surface area contributed by atoms with Gasteiger partial charge in [0, 0.05) is 5.92 Å². The third kappa shape index (κ3) is 2.74. The first-order valence-electron chi connectivity index (χ1n) is 7.36. The minimum absolute atomic E-state index is 0.0551. The number of methoxy groups -OCH3 is 1. The molecule has 0 bridgehead atoms. The smallest absolute Gasteiger partial charge is 0.311 e. The Hall–Kier alpha value is -2.21. The van der Waals surface area contributed by atoms with E-state index < -0.39 is 0 Å². The van der Waals surface area contributed by atoms with Gasteiger partial charge in [0.2, 0.25) is 0 Å². The number of benzene rings is 1. The van der Waals surface area contributed by atoms with Gasteiger partial charge in [-0.05, 0) is 5.56 Å². The van der Waals surface area contributed by atoms with E-state index in [-0.39, 0.29) is 24.4 Å². The van der Waals surface area contributed by atoms with E-state index in [1.807, 2.05) is 22.9 Å². The molecule has 0 amide bonds. The maximum absolute atomic E-state index is 11.6. The fourth-order valence-corrected chi connectivity index (χ4v) is 2.94. The van der Waals surface area contributed by atoms with Gasteiger partial charge < -0.3 is 9.47 Å². The van der Waals surface area contributed by atoms with Crippen LogP contribution in [0.15, 0.2) is 30.3 Å². The number of rotatable bonds is 3. The lowest BCUT2D eigenvalue weighted by molar-refractivity contribution is -0.139. The Morgan fingerprint density at radius 2 is 2.18 bits per heavy atom. The van der Waals surface area contributed by atoms with E-state index in [0.717, 1.165) is 11.3 Å². The number of aromatic nitrogens is 3. The summed E-state index contributed by atoms with van der Waals surface area (Å²) in [6, 6.07) is 10.1. The highest BCUT2D eigenvalue weighted by Crippen LogP contribution is 2.36. The fourth-order valence-electron chi connectivity index (χ4n) is 2.94. The molecule has 0 spiro atoms. The van der Waals surface area contributed by atoms with Gasteiger partial charge in [-0.1, -0.05) is 42.5 Å². The highest BCUT2D eigenvalue weighted by molar-refractivity contribution is 5.72. The molecule has 2 aromatic rings. The minimum atomic E-state index is -0.308. The summed E-state index contributed by atoms with van der Waals surface area (Å²) < 4.78 is 12.6. The maximum atomic E-state index is 11.6. The van der Waals surface area contributed by atoms with E-state index in [2.05, 4.69) is 29.4 Å². The number of carbonyl (C=O) groups is 1. The van der Waals surface area contributed by atoms with Gasteiger partial charge in [0.05, 0.1) is 44.2 Å². The molecule has 0 unspecified atom stereocenters. The van der Waals surface area contributed by atoms with Gasteiger partial charge in [0.15, 0.2) is 0 Å². The summed E-state index contributed by atoms with van der Waals surface area (Å²) in [5.41, 5.74) is 2.75. The first-order chi connectivity index (χ1) is 10.7. The van der Waals surface area contributed by atoms with Crippen LogP contribution in [0.25, 0.3) is 0 Å². The van der Waals surface area contributed by atoms with Crippen molar-refractivity contribution in [3.05, 3.63) is 47.3 Å².